The van der Waals surface area contributed by atoms with Gasteiger partial charge in [-0.15, -0.1) is 0 Å². The summed E-state index contributed by atoms with van der Waals surface area (Å²) in [7, 11) is 3.24. The van der Waals surface area contributed by atoms with E-state index < -0.39 is 6.10 Å². The highest BCUT2D eigenvalue weighted by Crippen LogP contribution is 2.30. The van der Waals surface area contributed by atoms with Crippen molar-refractivity contribution in [1.29, 1.82) is 0 Å². The largest absolute Gasteiger partial charge is 0.495 e. The first-order valence-corrected chi connectivity index (χ1v) is 6.99. The van der Waals surface area contributed by atoms with Gasteiger partial charge in [-0.05, 0) is 18.2 Å². The molecule has 2 aromatic heterocycles. The van der Waals surface area contributed by atoms with Crippen LogP contribution in [0.2, 0.25) is 0 Å². The lowest BCUT2D eigenvalue weighted by molar-refractivity contribution is 0.134. The number of methoxy groups -OCH3 is 2. The number of aliphatic hydroxyl groups is 1. The van der Waals surface area contributed by atoms with Gasteiger partial charge in [-0.1, -0.05) is 18.2 Å². The maximum Gasteiger partial charge on any atom is 0.137 e. The van der Waals surface area contributed by atoms with Crippen LogP contribution in [0.25, 0.3) is 10.9 Å². The third kappa shape index (κ3) is 2.56. The number of aromatic nitrogens is 2. The Bertz CT molecular complexity index is 765. The highest BCUT2D eigenvalue weighted by molar-refractivity contribution is 5.84. The first-order valence-electron chi connectivity index (χ1n) is 6.99. The fourth-order valence-electron chi connectivity index (χ4n) is 2.57. The number of nitrogens with zero attached hydrogens (tertiary/aromatic N) is 2. The van der Waals surface area contributed by atoms with E-state index in [1.165, 1.54) is 0 Å². The molecular weight excluding hydrogens is 280 g/mol. The second-order valence-corrected chi connectivity index (χ2v) is 5.01. The van der Waals surface area contributed by atoms with Gasteiger partial charge < -0.3 is 19.1 Å². The van der Waals surface area contributed by atoms with Crippen LogP contribution in [0.3, 0.4) is 0 Å². The molecule has 22 heavy (non-hydrogen) atoms. The van der Waals surface area contributed by atoms with Crippen LogP contribution in [-0.2, 0) is 11.5 Å². The third-order valence-corrected chi connectivity index (χ3v) is 3.66. The van der Waals surface area contributed by atoms with E-state index in [1.807, 2.05) is 35.0 Å². The van der Waals surface area contributed by atoms with Crippen LogP contribution in [0.4, 0.5) is 0 Å². The Morgan fingerprint density at radius 2 is 2.00 bits per heavy atom. The molecule has 5 nitrogen and oxygen atoms in total. The number of para-hydroxylation sites is 1. The highest BCUT2D eigenvalue weighted by atomic mass is 16.5. The molecule has 0 bridgehead atoms. The summed E-state index contributed by atoms with van der Waals surface area (Å²) in [5.74, 6) is 0.665. The second kappa shape index (κ2) is 6.17. The van der Waals surface area contributed by atoms with Crippen molar-refractivity contribution in [2.24, 2.45) is 0 Å². The molecule has 1 atom stereocenters. The predicted molar refractivity (Wildman–Crippen MR) is 83.8 cm³/mol. The van der Waals surface area contributed by atoms with Crippen LogP contribution in [-0.4, -0.2) is 28.9 Å². The first kappa shape index (κ1) is 14.6. The summed E-state index contributed by atoms with van der Waals surface area (Å²) < 4.78 is 12.3. The molecule has 1 unspecified atom stereocenters. The number of fused-ring (bicyclic) bond motifs is 1. The zero-order valence-electron chi connectivity index (χ0n) is 12.6. The van der Waals surface area contributed by atoms with Gasteiger partial charge in [-0.25, -0.2) is 0 Å². The molecule has 0 aliphatic heterocycles. The van der Waals surface area contributed by atoms with E-state index in [-0.39, 0.29) is 0 Å². The van der Waals surface area contributed by atoms with Crippen molar-refractivity contribution in [1.82, 2.24) is 9.55 Å². The van der Waals surface area contributed by atoms with Gasteiger partial charge in [0.25, 0.3) is 0 Å². The van der Waals surface area contributed by atoms with E-state index in [4.69, 9.17) is 9.47 Å². The first-order chi connectivity index (χ1) is 10.7. The Morgan fingerprint density at radius 3 is 2.68 bits per heavy atom. The van der Waals surface area contributed by atoms with Crippen molar-refractivity contribution >= 4 is 10.9 Å². The summed E-state index contributed by atoms with van der Waals surface area (Å²) in [6.07, 6.45) is 2.71. The Kier molecular flexibility index (Phi) is 4.09. The second-order valence-electron chi connectivity index (χ2n) is 5.01. The average Bonchev–Trinajstić information content (AvgIpc) is 2.94. The van der Waals surface area contributed by atoms with Crippen molar-refractivity contribution in [2.45, 2.75) is 12.8 Å². The van der Waals surface area contributed by atoms with E-state index in [2.05, 4.69) is 4.98 Å². The van der Waals surface area contributed by atoms with E-state index in [1.54, 1.807) is 32.5 Å². The third-order valence-electron chi connectivity index (χ3n) is 3.66. The number of aliphatic hydroxyl groups excluding tert-OH is 1. The molecule has 0 saturated heterocycles. The maximum absolute atomic E-state index is 10.7. The average molecular weight is 298 g/mol. The standard InChI is InChI=1S/C17H18N2O3/c1-21-11-19-10-14(13-5-3-4-6-16(13)19)17(20)15-8-7-12(22-2)9-18-15/h3-10,17,20H,11H2,1-2H3. The SMILES string of the molecule is COCn1cc(C(O)c2ccc(OC)cn2)c2ccccc21. The van der Waals surface area contributed by atoms with E-state index in [0.29, 0.717) is 18.2 Å². The van der Waals surface area contributed by atoms with Gasteiger partial charge in [0.15, 0.2) is 0 Å². The van der Waals surface area contributed by atoms with Gasteiger partial charge in [0, 0.05) is 24.3 Å². The quantitative estimate of drug-likeness (QED) is 0.787. The molecule has 2 heterocycles. The zero-order chi connectivity index (χ0) is 15.5. The normalized spacial score (nSPS) is 12.5. The lowest BCUT2D eigenvalue weighted by atomic mass is 10.1. The van der Waals surface area contributed by atoms with E-state index in [0.717, 1.165) is 16.5 Å². The summed E-state index contributed by atoms with van der Waals surface area (Å²) >= 11 is 0. The molecule has 0 spiro atoms. The van der Waals surface area contributed by atoms with Crippen LogP contribution in [0.5, 0.6) is 5.75 Å². The minimum Gasteiger partial charge on any atom is -0.495 e. The fraction of sp³-hybridized carbons (Fsp3) is 0.235. The van der Waals surface area contributed by atoms with Gasteiger partial charge in [0.2, 0.25) is 0 Å². The highest BCUT2D eigenvalue weighted by Gasteiger charge is 2.18. The molecule has 1 aromatic carbocycles. The fourth-order valence-corrected chi connectivity index (χ4v) is 2.57. The lowest BCUT2D eigenvalue weighted by Gasteiger charge is -2.10. The molecule has 0 aliphatic carbocycles. The zero-order valence-corrected chi connectivity index (χ0v) is 12.6. The smallest absolute Gasteiger partial charge is 0.137 e. The van der Waals surface area contributed by atoms with Crippen LogP contribution >= 0.6 is 0 Å². The van der Waals surface area contributed by atoms with Crippen molar-refractivity contribution < 1.29 is 14.6 Å². The van der Waals surface area contributed by atoms with Gasteiger partial charge in [-0.3, -0.25) is 4.98 Å². The lowest BCUT2D eigenvalue weighted by Crippen LogP contribution is -2.02. The van der Waals surface area contributed by atoms with Crippen molar-refractivity contribution in [3.63, 3.8) is 0 Å². The Morgan fingerprint density at radius 1 is 1.18 bits per heavy atom. The van der Waals surface area contributed by atoms with Crippen LogP contribution in [0.1, 0.15) is 17.4 Å². The van der Waals surface area contributed by atoms with Crippen LogP contribution in [0.15, 0.2) is 48.8 Å². The molecule has 0 saturated carbocycles. The topological polar surface area (TPSA) is 56.5 Å². The molecule has 0 radical (unpaired) electrons. The van der Waals surface area contributed by atoms with E-state index >= 15 is 0 Å². The van der Waals surface area contributed by atoms with Crippen molar-refractivity contribution in [2.75, 3.05) is 14.2 Å². The monoisotopic (exact) mass is 298 g/mol. The summed E-state index contributed by atoms with van der Waals surface area (Å²) in [4.78, 5) is 4.27. The minimum absolute atomic E-state index is 0.434. The molecule has 5 heteroatoms. The summed E-state index contributed by atoms with van der Waals surface area (Å²) in [6.45, 7) is 0.434. The number of rotatable bonds is 5. The van der Waals surface area contributed by atoms with Crippen LogP contribution < -0.4 is 4.74 Å². The van der Waals surface area contributed by atoms with Gasteiger partial charge in [0.05, 0.1) is 24.5 Å². The molecule has 0 fully saturated rings. The Hall–Kier alpha value is -2.37. The molecular formula is C17H18N2O3. The van der Waals surface area contributed by atoms with Crippen molar-refractivity contribution in [3.8, 4) is 5.75 Å². The number of benzene rings is 1. The summed E-state index contributed by atoms with van der Waals surface area (Å²) in [5.41, 5.74) is 2.42. The van der Waals surface area contributed by atoms with Crippen molar-refractivity contribution in [3.05, 3.63) is 60.0 Å². The van der Waals surface area contributed by atoms with Gasteiger partial charge >= 0.3 is 0 Å². The van der Waals surface area contributed by atoms with Crippen LogP contribution in [0, 0.1) is 0 Å². The van der Waals surface area contributed by atoms with Gasteiger partial charge in [0.1, 0.15) is 18.6 Å². The molecule has 1 N–H and O–H groups in total. The molecule has 0 amide bonds. The molecule has 3 rings (SSSR count). The number of hydrogen-bond donors (Lipinski definition) is 1. The summed E-state index contributed by atoms with van der Waals surface area (Å²) in [6, 6.07) is 11.5. The summed E-state index contributed by atoms with van der Waals surface area (Å²) in [5, 5.41) is 11.7. The maximum atomic E-state index is 10.7. The van der Waals surface area contributed by atoms with E-state index in [9.17, 15) is 5.11 Å². The van der Waals surface area contributed by atoms with Gasteiger partial charge in [-0.2, -0.15) is 0 Å². The molecule has 3 aromatic rings. The Balaban J connectivity index is 2.04. The molecule has 114 valence electrons. The number of ether oxygens (including phenoxy) is 2. The number of hydrogen-bond acceptors (Lipinski definition) is 4. The minimum atomic E-state index is -0.797. The molecule has 0 aliphatic rings. The predicted octanol–water partition coefficient (Wildman–Crippen LogP) is 2.73. The number of pyridine rings is 1. The Labute approximate surface area is 128 Å².